The number of aryl methyl sites for hydroxylation is 2. The highest BCUT2D eigenvalue weighted by Gasteiger charge is 2.25. The Hall–Kier alpha value is -2.08. The molecule has 0 fully saturated rings. The van der Waals surface area contributed by atoms with E-state index >= 15 is 0 Å². The molecule has 0 aliphatic rings. The van der Waals surface area contributed by atoms with Crippen molar-refractivity contribution >= 4 is 75.1 Å². The zero-order valence-corrected chi connectivity index (χ0v) is 26.1. The molecular weight excluding hydrogens is 656 g/mol. The van der Waals surface area contributed by atoms with Gasteiger partial charge in [-0.3, -0.25) is 9.59 Å². The van der Waals surface area contributed by atoms with Crippen molar-refractivity contribution in [3.8, 4) is 0 Å². The molecule has 0 saturated carbocycles. The summed E-state index contributed by atoms with van der Waals surface area (Å²) in [7, 11) is 0. The highest BCUT2D eigenvalue weighted by Crippen LogP contribution is 2.28. The van der Waals surface area contributed by atoms with Gasteiger partial charge in [0.05, 0.1) is 22.4 Å². The fourth-order valence-corrected chi connectivity index (χ4v) is 6.17. The average Bonchev–Trinajstić information content (AvgIpc) is 3.22. The first-order valence-corrected chi connectivity index (χ1v) is 14.8. The number of benzene rings is 2. The molecule has 1 aromatic heterocycles. The van der Waals surface area contributed by atoms with Gasteiger partial charge in [-0.25, -0.2) is 0 Å². The van der Waals surface area contributed by atoms with Crippen molar-refractivity contribution in [1.29, 1.82) is 0 Å². The summed E-state index contributed by atoms with van der Waals surface area (Å²) in [6.07, 6.45) is 2.36. The molecule has 0 aliphatic carbocycles. The second-order valence-corrected chi connectivity index (χ2v) is 12.3. The van der Waals surface area contributed by atoms with Crippen molar-refractivity contribution in [2.45, 2.75) is 51.9 Å². The summed E-state index contributed by atoms with van der Waals surface area (Å²) in [5, 5.41) is 16.1. The molecule has 0 saturated heterocycles. The molecule has 3 rings (SSSR count). The van der Waals surface area contributed by atoms with Crippen molar-refractivity contribution in [3.05, 3.63) is 79.1 Å². The summed E-state index contributed by atoms with van der Waals surface area (Å²) in [5.74, 6) is 0.534. The van der Waals surface area contributed by atoms with Gasteiger partial charge in [-0.05, 0) is 90.2 Å². The van der Waals surface area contributed by atoms with Gasteiger partial charge >= 0.3 is 0 Å². The first kappa shape index (κ1) is 30.5. The lowest BCUT2D eigenvalue weighted by Gasteiger charge is -2.21. The Morgan fingerprint density at radius 1 is 1.16 bits per heavy atom. The van der Waals surface area contributed by atoms with Crippen LogP contribution in [0.5, 0.6) is 0 Å². The molecule has 202 valence electrons. The van der Waals surface area contributed by atoms with Crippen LogP contribution in [-0.4, -0.2) is 32.3 Å². The van der Waals surface area contributed by atoms with E-state index in [2.05, 4.69) is 63.8 Å². The standard InChI is InChI=1S/C27H30Cl2IN5O2S/c1-6-9-35-25(22(10-15(2)3)31-26(37)20-8-7-18(28)13-21(20)29)33-34-27(35)38-14-23(36)32-24-16(4)11-19(30)12-17(24)5/h6-8,11-13,15,22H,1,9-10,14H2,2-5H3,(H,31,37)(H,32,36)/t22-/m1/s1. The van der Waals surface area contributed by atoms with E-state index in [0.29, 0.717) is 34.5 Å². The molecule has 38 heavy (non-hydrogen) atoms. The van der Waals surface area contributed by atoms with E-state index in [1.165, 1.54) is 17.8 Å². The molecule has 2 amide bonds. The molecular formula is C27H30Cl2IN5O2S. The first-order chi connectivity index (χ1) is 18.0. The van der Waals surface area contributed by atoms with Crippen molar-refractivity contribution in [2.75, 3.05) is 11.1 Å². The van der Waals surface area contributed by atoms with Crippen LogP contribution in [0.25, 0.3) is 0 Å². The normalized spacial score (nSPS) is 11.9. The zero-order valence-electron chi connectivity index (χ0n) is 21.6. The predicted molar refractivity (Wildman–Crippen MR) is 164 cm³/mol. The molecule has 0 radical (unpaired) electrons. The van der Waals surface area contributed by atoms with Crippen molar-refractivity contribution in [2.24, 2.45) is 5.92 Å². The summed E-state index contributed by atoms with van der Waals surface area (Å²) in [4.78, 5) is 25.9. The number of hydrogen-bond acceptors (Lipinski definition) is 5. The quantitative estimate of drug-likeness (QED) is 0.126. The van der Waals surface area contributed by atoms with E-state index in [0.717, 1.165) is 20.4 Å². The zero-order chi connectivity index (χ0) is 28.0. The van der Waals surface area contributed by atoms with Crippen LogP contribution in [0.4, 0.5) is 5.69 Å². The van der Waals surface area contributed by atoms with Crippen molar-refractivity contribution in [3.63, 3.8) is 0 Å². The molecule has 7 nitrogen and oxygen atoms in total. The van der Waals surface area contributed by atoms with E-state index in [9.17, 15) is 9.59 Å². The van der Waals surface area contributed by atoms with Crippen LogP contribution in [-0.2, 0) is 11.3 Å². The Balaban J connectivity index is 1.80. The minimum Gasteiger partial charge on any atom is -0.342 e. The van der Waals surface area contributed by atoms with Crippen molar-refractivity contribution in [1.82, 2.24) is 20.1 Å². The molecule has 2 N–H and O–H groups in total. The van der Waals surface area contributed by atoms with Crippen LogP contribution in [0.15, 0.2) is 48.1 Å². The fourth-order valence-electron chi connectivity index (χ4n) is 3.99. The number of nitrogens with zero attached hydrogens (tertiary/aromatic N) is 3. The summed E-state index contributed by atoms with van der Waals surface area (Å²) >= 11 is 15.8. The lowest BCUT2D eigenvalue weighted by atomic mass is 10.0. The number of allylic oxidation sites excluding steroid dienone is 1. The summed E-state index contributed by atoms with van der Waals surface area (Å²) in [5.41, 5.74) is 3.17. The third-order valence-electron chi connectivity index (χ3n) is 5.65. The van der Waals surface area contributed by atoms with E-state index in [-0.39, 0.29) is 28.5 Å². The topological polar surface area (TPSA) is 88.9 Å². The molecule has 1 atom stereocenters. The van der Waals surface area contributed by atoms with Crippen LogP contribution in [0, 0.1) is 23.3 Å². The van der Waals surface area contributed by atoms with E-state index in [1.54, 1.807) is 18.2 Å². The highest BCUT2D eigenvalue weighted by atomic mass is 127. The van der Waals surface area contributed by atoms with Gasteiger partial charge in [0.15, 0.2) is 11.0 Å². The Labute approximate surface area is 251 Å². The lowest BCUT2D eigenvalue weighted by Crippen LogP contribution is -2.32. The number of thioether (sulfide) groups is 1. The Kier molecular flexibility index (Phi) is 11.1. The first-order valence-electron chi connectivity index (χ1n) is 12.0. The highest BCUT2D eigenvalue weighted by molar-refractivity contribution is 14.1. The Bertz CT molecular complexity index is 1320. The number of rotatable bonds is 11. The second kappa shape index (κ2) is 13.8. The van der Waals surface area contributed by atoms with E-state index < -0.39 is 6.04 Å². The third kappa shape index (κ3) is 7.97. The average molecular weight is 686 g/mol. The van der Waals surface area contributed by atoms with Gasteiger partial charge in [-0.1, -0.05) is 54.9 Å². The number of anilines is 1. The van der Waals surface area contributed by atoms with Gasteiger partial charge in [-0.15, -0.1) is 16.8 Å². The second-order valence-electron chi connectivity index (χ2n) is 9.27. The number of carbonyl (C=O) groups is 2. The molecule has 0 bridgehead atoms. The maximum atomic E-state index is 13.1. The molecule has 1 heterocycles. The van der Waals surface area contributed by atoms with Crippen LogP contribution in [0.1, 0.15) is 53.6 Å². The van der Waals surface area contributed by atoms with Crippen LogP contribution in [0.3, 0.4) is 0 Å². The molecule has 11 heteroatoms. The number of carbonyl (C=O) groups excluding carboxylic acids is 2. The fraction of sp³-hybridized carbons (Fsp3) is 0.333. The Morgan fingerprint density at radius 2 is 1.84 bits per heavy atom. The molecule has 0 spiro atoms. The van der Waals surface area contributed by atoms with E-state index in [4.69, 9.17) is 23.2 Å². The maximum absolute atomic E-state index is 13.1. The molecule has 2 aromatic carbocycles. The third-order valence-corrected chi connectivity index (χ3v) is 7.79. The summed E-state index contributed by atoms with van der Waals surface area (Å²) in [6.45, 7) is 12.4. The van der Waals surface area contributed by atoms with Crippen LogP contribution in [0.2, 0.25) is 10.0 Å². The summed E-state index contributed by atoms with van der Waals surface area (Å²) < 4.78 is 3.00. The number of hydrogen-bond donors (Lipinski definition) is 2. The largest absolute Gasteiger partial charge is 0.342 e. The van der Waals surface area contributed by atoms with Gasteiger partial charge in [0.2, 0.25) is 5.91 Å². The van der Waals surface area contributed by atoms with Gasteiger partial charge in [0.1, 0.15) is 0 Å². The predicted octanol–water partition coefficient (Wildman–Crippen LogP) is 7.24. The molecule has 3 aromatic rings. The minimum absolute atomic E-state index is 0.137. The minimum atomic E-state index is -0.429. The Morgan fingerprint density at radius 3 is 2.45 bits per heavy atom. The van der Waals surface area contributed by atoms with Crippen LogP contribution < -0.4 is 10.6 Å². The molecule has 0 unspecified atom stereocenters. The number of amides is 2. The number of aromatic nitrogens is 3. The van der Waals surface area contributed by atoms with Crippen molar-refractivity contribution < 1.29 is 9.59 Å². The smallest absolute Gasteiger partial charge is 0.253 e. The maximum Gasteiger partial charge on any atom is 0.253 e. The lowest BCUT2D eigenvalue weighted by molar-refractivity contribution is -0.113. The summed E-state index contributed by atoms with van der Waals surface area (Å²) in [6, 6.07) is 8.39. The monoisotopic (exact) mass is 685 g/mol. The van der Waals surface area contributed by atoms with Crippen LogP contribution >= 0.6 is 57.6 Å². The van der Waals surface area contributed by atoms with Gasteiger partial charge in [-0.2, -0.15) is 0 Å². The van der Waals surface area contributed by atoms with E-state index in [1.807, 2.05) is 30.5 Å². The number of halogens is 3. The van der Waals surface area contributed by atoms with Gasteiger partial charge < -0.3 is 15.2 Å². The molecule has 0 aliphatic heterocycles. The SMILES string of the molecule is C=CCn1c(SCC(=O)Nc2c(C)cc(I)cc2C)nnc1[C@@H](CC(C)C)NC(=O)c1ccc(Cl)cc1Cl. The van der Waals surface area contributed by atoms with Gasteiger partial charge in [0, 0.05) is 20.8 Å². The van der Waals surface area contributed by atoms with Gasteiger partial charge in [0.25, 0.3) is 5.91 Å². The number of nitrogens with one attached hydrogen (secondary N) is 2.